The number of ether oxygens (including phenoxy) is 2. The van der Waals surface area contributed by atoms with Gasteiger partial charge in [-0.15, -0.1) is 0 Å². The van der Waals surface area contributed by atoms with Crippen LogP contribution in [-0.2, 0) is 22.6 Å². The van der Waals surface area contributed by atoms with Gasteiger partial charge >= 0.3 is 0 Å². The number of halogens is 1. The average molecular weight is 417 g/mol. The Balaban J connectivity index is 1.52. The summed E-state index contributed by atoms with van der Waals surface area (Å²) >= 11 is 6.12. The molecule has 154 valence electrons. The Morgan fingerprint density at radius 1 is 1.17 bits per heavy atom. The van der Waals surface area contributed by atoms with Crippen LogP contribution in [0.25, 0.3) is 0 Å². The molecule has 0 aromatic heterocycles. The molecule has 7 heteroatoms. The summed E-state index contributed by atoms with van der Waals surface area (Å²) in [6, 6.07) is 13.1. The molecule has 6 nitrogen and oxygen atoms in total. The number of amides is 2. The van der Waals surface area contributed by atoms with Crippen LogP contribution >= 0.6 is 11.6 Å². The van der Waals surface area contributed by atoms with Crippen LogP contribution in [0.3, 0.4) is 0 Å². The Kier molecular flexibility index (Phi) is 6.99. The fourth-order valence-corrected chi connectivity index (χ4v) is 3.64. The lowest BCUT2D eigenvalue weighted by Crippen LogP contribution is -2.33. The molecule has 1 saturated heterocycles. The Labute approximate surface area is 175 Å². The SMILES string of the molecule is COc1ccc(CCN2C[C@@H](C(=O)NCc3ccccc3Cl)CC2=O)cc1OC. The van der Waals surface area contributed by atoms with Crippen molar-refractivity contribution in [2.75, 3.05) is 27.3 Å². The van der Waals surface area contributed by atoms with Gasteiger partial charge in [0.2, 0.25) is 11.8 Å². The maximum absolute atomic E-state index is 12.5. The molecule has 1 aliphatic heterocycles. The fraction of sp³-hybridized carbons (Fsp3) is 0.364. The number of hydrogen-bond donors (Lipinski definition) is 1. The zero-order chi connectivity index (χ0) is 20.8. The molecule has 1 aliphatic rings. The minimum Gasteiger partial charge on any atom is -0.493 e. The smallest absolute Gasteiger partial charge is 0.225 e. The van der Waals surface area contributed by atoms with Crippen LogP contribution < -0.4 is 14.8 Å². The van der Waals surface area contributed by atoms with Gasteiger partial charge in [0.1, 0.15) is 0 Å². The van der Waals surface area contributed by atoms with E-state index in [0.717, 1.165) is 11.1 Å². The average Bonchev–Trinajstić information content (AvgIpc) is 3.11. The second-order valence-electron chi connectivity index (χ2n) is 6.99. The van der Waals surface area contributed by atoms with Gasteiger partial charge in [-0.1, -0.05) is 35.9 Å². The van der Waals surface area contributed by atoms with Gasteiger partial charge in [-0.25, -0.2) is 0 Å². The van der Waals surface area contributed by atoms with E-state index in [1.807, 2.05) is 36.4 Å². The number of carbonyl (C=O) groups excluding carboxylic acids is 2. The van der Waals surface area contributed by atoms with E-state index >= 15 is 0 Å². The third-order valence-corrected chi connectivity index (χ3v) is 5.48. The molecule has 2 aromatic rings. The molecule has 3 rings (SSSR count). The molecular formula is C22H25ClN2O4. The van der Waals surface area contributed by atoms with E-state index in [4.69, 9.17) is 21.1 Å². The second kappa shape index (κ2) is 9.65. The van der Waals surface area contributed by atoms with Crippen molar-refractivity contribution >= 4 is 23.4 Å². The molecule has 1 N–H and O–H groups in total. The number of likely N-dealkylation sites (tertiary alicyclic amines) is 1. The zero-order valence-electron chi connectivity index (χ0n) is 16.6. The van der Waals surface area contributed by atoms with Crippen LogP contribution in [0.4, 0.5) is 0 Å². The van der Waals surface area contributed by atoms with Crippen LogP contribution in [-0.4, -0.2) is 44.0 Å². The number of hydrogen-bond acceptors (Lipinski definition) is 4. The van der Waals surface area contributed by atoms with Crippen molar-refractivity contribution in [1.82, 2.24) is 10.2 Å². The Morgan fingerprint density at radius 3 is 2.66 bits per heavy atom. The summed E-state index contributed by atoms with van der Waals surface area (Å²) in [5, 5.41) is 3.51. The van der Waals surface area contributed by atoms with Gasteiger partial charge in [0.25, 0.3) is 0 Å². The molecule has 0 spiro atoms. The monoisotopic (exact) mass is 416 g/mol. The molecule has 0 bridgehead atoms. The maximum atomic E-state index is 12.5. The molecule has 1 fully saturated rings. The van der Waals surface area contributed by atoms with E-state index in [9.17, 15) is 9.59 Å². The highest BCUT2D eigenvalue weighted by Gasteiger charge is 2.33. The summed E-state index contributed by atoms with van der Waals surface area (Å²) < 4.78 is 10.6. The Hall–Kier alpha value is -2.73. The van der Waals surface area contributed by atoms with Crippen LogP contribution in [0, 0.1) is 5.92 Å². The number of nitrogens with zero attached hydrogens (tertiary/aromatic N) is 1. The summed E-state index contributed by atoms with van der Waals surface area (Å²) in [5.41, 5.74) is 1.90. The quantitative estimate of drug-likeness (QED) is 0.718. The zero-order valence-corrected chi connectivity index (χ0v) is 17.4. The van der Waals surface area contributed by atoms with Gasteiger partial charge in [0, 0.05) is 31.1 Å². The van der Waals surface area contributed by atoms with E-state index in [-0.39, 0.29) is 24.2 Å². The van der Waals surface area contributed by atoms with Gasteiger partial charge < -0.3 is 19.7 Å². The minimum atomic E-state index is -0.338. The molecule has 0 aliphatic carbocycles. The van der Waals surface area contributed by atoms with Crippen LogP contribution in [0.1, 0.15) is 17.5 Å². The van der Waals surface area contributed by atoms with E-state index in [1.165, 1.54) is 0 Å². The highest BCUT2D eigenvalue weighted by atomic mass is 35.5. The summed E-state index contributed by atoms with van der Waals surface area (Å²) in [7, 11) is 3.19. The van der Waals surface area contributed by atoms with Crippen molar-refractivity contribution in [3.8, 4) is 11.5 Å². The van der Waals surface area contributed by atoms with Crippen LogP contribution in [0.2, 0.25) is 5.02 Å². The summed E-state index contributed by atoms with van der Waals surface area (Å²) in [6.07, 6.45) is 0.917. The third kappa shape index (κ3) is 5.21. The van der Waals surface area contributed by atoms with Gasteiger partial charge in [0.15, 0.2) is 11.5 Å². The second-order valence-corrected chi connectivity index (χ2v) is 7.40. The van der Waals surface area contributed by atoms with E-state index in [0.29, 0.717) is 42.6 Å². The Bertz CT molecular complexity index is 887. The first-order chi connectivity index (χ1) is 14.0. The number of rotatable bonds is 8. The van der Waals surface area contributed by atoms with Gasteiger partial charge in [-0.2, -0.15) is 0 Å². The topological polar surface area (TPSA) is 67.9 Å². The van der Waals surface area contributed by atoms with Crippen molar-refractivity contribution in [2.24, 2.45) is 5.92 Å². The fourth-order valence-electron chi connectivity index (χ4n) is 3.43. The summed E-state index contributed by atoms with van der Waals surface area (Å²) in [5.74, 6) is 0.879. The molecule has 0 unspecified atom stereocenters. The lowest BCUT2D eigenvalue weighted by atomic mass is 10.1. The molecule has 0 radical (unpaired) electrons. The van der Waals surface area contributed by atoms with Crippen LogP contribution in [0.15, 0.2) is 42.5 Å². The Morgan fingerprint density at radius 2 is 1.93 bits per heavy atom. The van der Waals surface area contributed by atoms with E-state index in [2.05, 4.69) is 5.32 Å². The lowest BCUT2D eigenvalue weighted by Gasteiger charge is -2.17. The maximum Gasteiger partial charge on any atom is 0.225 e. The van der Waals surface area contributed by atoms with Crippen molar-refractivity contribution < 1.29 is 19.1 Å². The molecular weight excluding hydrogens is 392 g/mol. The molecule has 1 atom stereocenters. The number of benzene rings is 2. The predicted octanol–water partition coefficient (Wildman–Crippen LogP) is 3.06. The van der Waals surface area contributed by atoms with Crippen molar-refractivity contribution in [1.29, 1.82) is 0 Å². The first kappa shape index (κ1) is 21.0. The third-order valence-electron chi connectivity index (χ3n) is 5.11. The minimum absolute atomic E-state index is 0.00312. The molecule has 1 heterocycles. The standard InChI is InChI=1S/C22H25ClN2O4/c1-28-19-8-7-15(11-20(19)29-2)9-10-25-14-17(12-21(25)26)22(27)24-13-16-5-3-4-6-18(16)23/h3-8,11,17H,9-10,12-14H2,1-2H3,(H,24,27)/t17-/m0/s1. The van der Waals surface area contributed by atoms with Crippen molar-refractivity contribution in [3.05, 3.63) is 58.6 Å². The van der Waals surface area contributed by atoms with E-state index in [1.54, 1.807) is 25.2 Å². The lowest BCUT2D eigenvalue weighted by molar-refractivity contribution is -0.129. The first-order valence-electron chi connectivity index (χ1n) is 9.51. The number of methoxy groups -OCH3 is 2. The van der Waals surface area contributed by atoms with Gasteiger partial charge in [-0.3, -0.25) is 9.59 Å². The van der Waals surface area contributed by atoms with Gasteiger partial charge in [0.05, 0.1) is 20.1 Å². The highest BCUT2D eigenvalue weighted by Crippen LogP contribution is 2.28. The molecule has 2 amide bonds. The van der Waals surface area contributed by atoms with Crippen molar-refractivity contribution in [3.63, 3.8) is 0 Å². The predicted molar refractivity (Wildman–Crippen MR) is 111 cm³/mol. The number of carbonyl (C=O) groups is 2. The normalized spacial score (nSPS) is 16.0. The largest absolute Gasteiger partial charge is 0.493 e. The van der Waals surface area contributed by atoms with E-state index < -0.39 is 0 Å². The molecule has 2 aromatic carbocycles. The molecule has 29 heavy (non-hydrogen) atoms. The van der Waals surface area contributed by atoms with Crippen molar-refractivity contribution in [2.45, 2.75) is 19.4 Å². The highest BCUT2D eigenvalue weighted by molar-refractivity contribution is 6.31. The number of nitrogens with one attached hydrogen (secondary N) is 1. The van der Waals surface area contributed by atoms with Crippen LogP contribution in [0.5, 0.6) is 11.5 Å². The summed E-state index contributed by atoms with van der Waals surface area (Å²) in [6.45, 7) is 1.35. The first-order valence-corrected chi connectivity index (χ1v) is 9.89. The summed E-state index contributed by atoms with van der Waals surface area (Å²) in [4.78, 5) is 26.6. The molecule has 0 saturated carbocycles. The van der Waals surface area contributed by atoms with Gasteiger partial charge in [-0.05, 0) is 35.7 Å².